The quantitative estimate of drug-likeness (QED) is 0.866. The van der Waals surface area contributed by atoms with Crippen LogP contribution in [-0.4, -0.2) is 41.8 Å². The molecule has 25 heavy (non-hydrogen) atoms. The van der Waals surface area contributed by atoms with E-state index in [2.05, 4.69) is 10.3 Å². The van der Waals surface area contributed by atoms with E-state index in [1.54, 1.807) is 6.92 Å². The average molecular weight is 342 g/mol. The predicted molar refractivity (Wildman–Crippen MR) is 94.6 cm³/mol. The third-order valence-electron chi connectivity index (χ3n) is 4.04. The first-order valence-electron chi connectivity index (χ1n) is 8.35. The fraction of sp³-hybridized carbons (Fsp3) is 0.389. The van der Waals surface area contributed by atoms with Crippen molar-refractivity contribution in [3.05, 3.63) is 58.0 Å². The number of carbonyl (C=O) groups is 1. The molecule has 1 saturated heterocycles. The second-order valence-electron chi connectivity index (χ2n) is 5.98. The molecule has 0 unspecified atom stereocenters. The number of benzene rings is 1. The number of morpholine rings is 1. The van der Waals surface area contributed by atoms with E-state index in [0.717, 1.165) is 5.56 Å². The van der Waals surface area contributed by atoms with Gasteiger partial charge in [-0.25, -0.2) is 4.98 Å². The molecule has 132 valence electrons. The Bertz CT molecular complexity index is 783. The lowest BCUT2D eigenvalue weighted by Gasteiger charge is -2.29. The molecular weight excluding hydrogens is 320 g/mol. The Hall–Kier alpha value is -2.67. The number of anilines is 1. The molecule has 3 rings (SSSR count). The number of carbonyl (C=O) groups excluding carboxylic acids is 1. The van der Waals surface area contributed by atoms with Crippen molar-refractivity contribution in [1.29, 1.82) is 0 Å². The minimum Gasteiger partial charge on any atom is -0.378 e. The fourth-order valence-electron chi connectivity index (χ4n) is 2.75. The average Bonchev–Trinajstić information content (AvgIpc) is 2.63. The van der Waals surface area contributed by atoms with Gasteiger partial charge in [0.05, 0.1) is 13.2 Å². The van der Waals surface area contributed by atoms with Gasteiger partial charge < -0.3 is 15.0 Å². The van der Waals surface area contributed by atoms with Gasteiger partial charge in [0.1, 0.15) is 6.54 Å². The van der Waals surface area contributed by atoms with Gasteiger partial charge in [-0.3, -0.25) is 14.2 Å². The molecule has 0 saturated carbocycles. The van der Waals surface area contributed by atoms with Gasteiger partial charge in [0, 0.05) is 31.4 Å². The number of nitrogens with zero attached hydrogens (tertiary/aromatic N) is 3. The van der Waals surface area contributed by atoms with E-state index >= 15 is 0 Å². The third kappa shape index (κ3) is 4.45. The van der Waals surface area contributed by atoms with Crippen LogP contribution in [0.15, 0.2) is 41.2 Å². The van der Waals surface area contributed by atoms with Crippen LogP contribution in [0.4, 0.5) is 5.95 Å². The molecule has 0 bridgehead atoms. The summed E-state index contributed by atoms with van der Waals surface area (Å²) in [6.45, 7) is 4.65. The highest BCUT2D eigenvalue weighted by Crippen LogP contribution is 2.12. The zero-order valence-electron chi connectivity index (χ0n) is 14.3. The second-order valence-corrected chi connectivity index (χ2v) is 5.98. The molecule has 1 N–H and O–H groups in total. The number of aromatic nitrogens is 2. The number of amides is 1. The number of rotatable bonds is 5. The van der Waals surface area contributed by atoms with Crippen LogP contribution in [0.25, 0.3) is 0 Å². The Morgan fingerprint density at radius 2 is 1.96 bits per heavy atom. The molecule has 1 amide bonds. The molecular formula is C18H22N4O3. The fourth-order valence-corrected chi connectivity index (χ4v) is 2.75. The zero-order valence-corrected chi connectivity index (χ0v) is 14.3. The molecule has 0 atom stereocenters. The van der Waals surface area contributed by atoms with Gasteiger partial charge in [-0.2, -0.15) is 0 Å². The van der Waals surface area contributed by atoms with Crippen LogP contribution in [0, 0.1) is 6.92 Å². The maximum absolute atomic E-state index is 12.4. The van der Waals surface area contributed by atoms with Crippen LogP contribution in [-0.2, 0) is 22.6 Å². The maximum Gasteiger partial charge on any atom is 0.255 e. The van der Waals surface area contributed by atoms with Gasteiger partial charge >= 0.3 is 0 Å². The summed E-state index contributed by atoms with van der Waals surface area (Å²) in [4.78, 5) is 31.2. The highest BCUT2D eigenvalue weighted by Gasteiger charge is 2.19. The van der Waals surface area contributed by atoms with Crippen molar-refractivity contribution in [3.63, 3.8) is 0 Å². The molecule has 0 aliphatic carbocycles. The minimum atomic E-state index is -0.219. The van der Waals surface area contributed by atoms with Crippen LogP contribution in [0.1, 0.15) is 11.3 Å². The van der Waals surface area contributed by atoms with E-state index in [-0.39, 0.29) is 18.0 Å². The Balaban J connectivity index is 1.74. The van der Waals surface area contributed by atoms with Gasteiger partial charge in [-0.05, 0) is 12.5 Å². The lowest BCUT2D eigenvalue weighted by Crippen LogP contribution is -2.42. The van der Waals surface area contributed by atoms with Crippen molar-refractivity contribution in [2.45, 2.75) is 20.0 Å². The summed E-state index contributed by atoms with van der Waals surface area (Å²) < 4.78 is 6.78. The highest BCUT2D eigenvalue weighted by atomic mass is 16.5. The Labute approximate surface area is 146 Å². The first-order chi connectivity index (χ1) is 12.1. The molecule has 2 heterocycles. The van der Waals surface area contributed by atoms with E-state index in [1.165, 1.54) is 10.6 Å². The monoisotopic (exact) mass is 342 g/mol. The lowest BCUT2D eigenvalue weighted by atomic mass is 10.2. The van der Waals surface area contributed by atoms with Crippen molar-refractivity contribution in [2.24, 2.45) is 0 Å². The van der Waals surface area contributed by atoms with Gasteiger partial charge in [-0.15, -0.1) is 0 Å². The summed E-state index contributed by atoms with van der Waals surface area (Å²) in [7, 11) is 0. The molecule has 1 aromatic heterocycles. The van der Waals surface area contributed by atoms with E-state index < -0.39 is 0 Å². The predicted octanol–water partition coefficient (Wildman–Crippen LogP) is 0.705. The van der Waals surface area contributed by atoms with Crippen LogP contribution >= 0.6 is 0 Å². The van der Waals surface area contributed by atoms with E-state index in [4.69, 9.17) is 4.74 Å². The van der Waals surface area contributed by atoms with Crippen molar-refractivity contribution in [3.8, 4) is 0 Å². The molecule has 2 aromatic rings. The van der Waals surface area contributed by atoms with Crippen molar-refractivity contribution >= 4 is 11.9 Å². The van der Waals surface area contributed by atoms with Crippen molar-refractivity contribution in [2.75, 3.05) is 31.2 Å². The summed E-state index contributed by atoms with van der Waals surface area (Å²) in [5.74, 6) is 0.314. The molecule has 1 aliphatic rings. The van der Waals surface area contributed by atoms with E-state index in [9.17, 15) is 9.59 Å². The number of hydrogen-bond donors (Lipinski definition) is 1. The largest absolute Gasteiger partial charge is 0.378 e. The summed E-state index contributed by atoms with van der Waals surface area (Å²) in [6.07, 6.45) is 0. The summed E-state index contributed by atoms with van der Waals surface area (Å²) in [5.41, 5.74) is 1.44. The molecule has 7 nitrogen and oxygen atoms in total. The minimum absolute atomic E-state index is 0.0500. The van der Waals surface area contributed by atoms with Gasteiger partial charge in [0.2, 0.25) is 11.9 Å². The second kappa shape index (κ2) is 7.94. The molecule has 7 heteroatoms. The first kappa shape index (κ1) is 17.2. The SMILES string of the molecule is Cc1cc(=O)n(CC(=O)NCc2ccccc2)c(N2CCOCC2)n1. The van der Waals surface area contributed by atoms with Gasteiger partial charge in [0.15, 0.2) is 0 Å². The molecule has 0 radical (unpaired) electrons. The molecule has 0 spiro atoms. The summed E-state index contributed by atoms with van der Waals surface area (Å²) in [5, 5.41) is 2.85. The standard InChI is InChI=1S/C18H22N4O3/c1-14-11-17(24)22(18(20-14)21-7-9-25-10-8-21)13-16(23)19-12-15-5-3-2-4-6-15/h2-6,11H,7-10,12-13H2,1H3,(H,19,23). The van der Waals surface area contributed by atoms with E-state index in [0.29, 0.717) is 44.5 Å². The topological polar surface area (TPSA) is 76.5 Å². The maximum atomic E-state index is 12.4. The lowest BCUT2D eigenvalue weighted by molar-refractivity contribution is -0.121. The smallest absolute Gasteiger partial charge is 0.255 e. The van der Waals surface area contributed by atoms with Crippen LogP contribution in [0.5, 0.6) is 0 Å². The van der Waals surface area contributed by atoms with E-state index in [1.807, 2.05) is 35.2 Å². The zero-order chi connectivity index (χ0) is 17.6. The third-order valence-corrected chi connectivity index (χ3v) is 4.04. The van der Waals surface area contributed by atoms with Crippen LogP contribution in [0.3, 0.4) is 0 Å². The van der Waals surface area contributed by atoms with Crippen molar-refractivity contribution in [1.82, 2.24) is 14.9 Å². The first-order valence-corrected chi connectivity index (χ1v) is 8.35. The number of aryl methyl sites for hydroxylation is 1. The van der Waals surface area contributed by atoms with Crippen LogP contribution in [0.2, 0.25) is 0 Å². The normalized spacial score (nSPS) is 14.4. The molecule has 1 aromatic carbocycles. The highest BCUT2D eigenvalue weighted by molar-refractivity contribution is 5.76. The Kier molecular flexibility index (Phi) is 5.45. The van der Waals surface area contributed by atoms with Crippen LogP contribution < -0.4 is 15.8 Å². The Morgan fingerprint density at radius 1 is 1.24 bits per heavy atom. The summed E-state index contributed by atoms with van der Waals surface area (Å²) >= 11 is 0. The van der Waals surface area contributed by atoms with Gasteiger partial charge in [0.25, 0.3) is 5.56 Å². The number of hydrogen-bond acceptors (Lipinski definition) is 5. The number of ether oxygens (including phenoxy) is 1. The molecule has 1 fully saturated rings. The van der Waals surface area contributed by atoms with Crippen molar-refractivity contribution < 1.29 is 9.53 Å². The number of nitrogens with one attached hydrogen (secondary N) is 1. The Morgan fingerprint density at radius 3 is 2.68 bits per heavy atom. The van der Waals surface area contributed by atoms with Gasteiger partial charge in [-0.1, -0.05) is 30.3 Å². The molecule has 1 aliphatic heterocycles. The summed E-state index contributed by atoms with van der Waals surface area (Å²) in [6, 6.07) is 11.1.